The maximum absolute atomic E-state index is 5.56. The molecule has 1 aromatic carbocycles. The third kappa shape index (κ3) is 2.93. The molecule has 2 heterocycles. The maximum Gasteiger partial charge on any atom is 0.0876 e. The van der Waals surface area contributed by atoms with E-state index in [0.717, 1.165) is 37.2 Å². The Morgan fingerprint density at radius 2 is 2.19 bits per heavy atom. The highest BCUT2D eigenvalue weighted by Crippen LogP contribution is 2.32. The summed E-state index contributed by atoms with van der Waals surface area (Å²) in [6.07, 6.45) is 4.13. The van der Waals surface area contributed by atoms with Crippen molar-refractivity contribution in [1.29, 1.82) is 0 Å². The Labute approximate surface area is 126 Å². The lowest BCUT2D eigenvalue weighted by Gasteiger charge is -2.25. The fourth-order valence-electron chi connectivity index (χ4n) is 3.02. The summed E-state index contributed by atoms with van der Waals surface area (Å²) in [4.78, 5) is 4.65. The normalized spacial score (nSPS) is 16.4. The molecular weight excluding hydrogens is 260 g/mol. The number of aromatic nitrogens is 1. The molecule has 0 spiro atoms. The molecule has 0 saturated carbocycles. The van der Waals surface area contributed by atoms with Crippen LogP contribution >= 0.6 is 0 Å². The van der Waals surface area contributed by atoms with E-state index in [1.165, 1.54) is 16.5 Å². The minimum Gasteiger partial charge on any atom is -0.501 e. The zero-order valence-corrected chi connectivity index (χ0v) is 12.7. The Morgan fingerprint density at radius 3 is 2.95 bits per heavy atom. The number of benzene rings is 1. The number of pyridine rings is 1. The number of nitrogens with zero attached hydrogens (tertiary/aromatic N) is 1. The standard InChI is InChI=1S/C18H22N2O/c1-3-19-18(14-7-6-10-21-12-14)16-11-13(2)20-17-9-5-4-8-15(16)17/h4-5,8-9,11-12,18-19H,3,6-7,10H2,1-2H3. The van der Waals surface area contributed by atoms with Crippen molar-refractivity contribution in [3.05, 3.63) is 53.4 Å². The zero-order valence-electron chi connectivity index (χ0n) is 12.7. The molecule has 0 amide bonds. The van der Waals surface area contributed by atoms with Crippen LogP contribution in [0.2, 0.25) is 0 Å². The Balaban J connectivity index is 2.12. The smallest absolute Gasteiger partial charge is 0.0876 e. The fourth-order valence-corrected chi connectivity index (χ4v) is 3.02. The van der Waals surface area contributed by atoms with Gasteiger partial charge in [0.2, 0.25) is 0 Å². The minimum atomic E-state index is 0.210. The van der Waals surface area contributed by atoms with E-state index in [4.69, 9.17) is 4.74 Å². The first-order chi connectivity index (χ1) is 10.3. The molecule has 0 fully saturated rings. The number of nitrogens with one attached hydrogen (secondary N) is 1. The monoisotopic (exact) mass is 282 g/mol. The van der Waals surface area contributed by atoms with Crippen molar-refractivity contribution in [2.75, 3.05) is 13.2 Å². The van der Waals surface area contributed by atoms with Gasteiger partial charge in [0.15, 0.2) is 0 Å². The Hall–Kier alpha value is -1.87. The Morgan fingerprint density at radius 1 is 1.33 bits per heavy atom. The Kier molecular flexibility index (Phi) is 4.20. The van der Waals surface area contributed by atoms with Crippen LogP contribution in [0, 0.1) is 6.92 Å². The van der Waals surface area contributed by atoms with E-state index in [-0.39, 0.29) is 6.04 Å². The van der Waals surface area contributed by atoms with Gasteiger partial charge in [-0.3, -0.25) is 4.98 Å². The average Bonchev–Trinajstić information content (AvgIpc) is 2.52. The summed E-state index contributed by atoms with van der Waals surface area (Å²) in [5.41, 5.74) is 4.76. The SMILES string of the molecule is CCNC(C1=COCCC1)c1cc(C)nc2ccccc12. The highest BCUT2D eigenvalue weighted by atomic mass is 16.5. The molecule has 3 heteroatoms. The van der Waals surface area contributed by atoms with Gasteiger partial charge < -0.3 is 10.1 Å². The predicted molar refractivity (Wildman–Crippen MR) is 86.2 cm³/mol. The van der Waals surface area contributed by atoms with Gasteiger partial charge in [0.25, 0.3) is 0 Å². The number of hydrogen-bond donors (Lipinski definition) is 1. The lowest BCUT2D eigenvalue weighted by Crippen LogP contribution is -2.24. The van der Waals surface area contributed by atoms with Crippen LogP contribution in [0.3, 0.4) is 0 Å². The van der Waals surface area contributed by atoms with Gasteiger partial charge in [0.05, 0.1) is 24.4 Å². The van der Waals surface area contributed by atoms with Crippen molar-refractivity contribution in [2.45, 2.75) is 32.7 Å². The molecule has 0 radical (unpaired) electrons. The molecule has 2 aromatic rings. The van der Waals surface area contributed by atoms with E-state index in [1.807, 2.05) is 12.3 Å². The molecule has 1 N–H and O–H groups in total. The highest BCUT2D eigenvalue weighted by Gasteiger charge is 2.20. The number of hydrogen-bond acceptors (Lipinski definition) is 3. The fraction of sp³-hybridized carbons (Fsp3) is 0.389. The number of aryl methyl sites for hydroxylation is 1. The van der Waals surface area contributed by atoms with Crippen LogP contribution in [0.5, 0.6) is 0 Å². The van der Waals surface area contributed by atoms with Crippen LogP contribution in [0.25, 0.3) is 10.9 Å². The number of rotatable bonds is 4. The number of ether oxygens (including phenoxy) is 1. The summed E-state index contributed by atoms with van der Waals surface area (Å²) in [5.74, 6) is 0. The van der Waals surface area contributed by atoms with Crippen molar-refractivity contribution in [1.82, 2.24) is 10.3 Å². The molecule has 1 aliphatic rings. The van der Waals surface area contributed by atoms with E-state index in [9.17, 15) is 0 Å². The first kappa shape index (κ1) is 14.1. The molecule has 3 nitrogen and oxygen atoms in total. The van der Waals surface area contributed by atoms with Gasteiger partial charge in [-0.2, -0.15) is 0 Å². The first-order valence-electron chi connectivity index (χ1n) is 7.70. The third-order valence-electron chi connectivity index (χ3n) is 3.93. The molecule has 1 atom stereocenters. The van der Waals surface area contributed by atoms with Gasteiger partial charge in [0.1, 0.15) is 0 Å². The van der Waals surface area contributed by atoms with Gasteiger partial charge in [-0.1, -0.05) is 25.1 Å². The van der Waals surface area contributed by atoms with Crippen molar-refractivity contribution < 1.29 is 4.74 Å². The maximum atomic E-state index is 5.56. The molecular formula is C18H22N2O. The van der Waals surface area contributed by atoms with E-state index in [0.29, 0.717) is 0 Å². The summed E-state index contributed by atoms with van der Waals surface area (Å²) < 4.78 is 5.56. The molecule has 0 bridgehead atoms. The van der Waals surface area contributed by atoms with E-state index >= 15 is 0 Å². The van der Waals surface area contributed by atoms with Crippen LogP contribution < -0.4 is 5.32 Å². The largest absolute Gasteiger partial charge is 0.501 e. The lowest BCUT2D eigenvalue weighted by atomic mass is 9.92. The van der Waals surface area contributed by atoms with Gasteiger partial charge in [-0.15, -0.1) is 0 Å². The van der Waals surface area contributed by atoms with Gasteiger partial charge in [-0.25, -0.2) is 0 Å². The van der Waals surface area contributed by atoms with Crippen molar-refractivity contribution in [3.63, 3.8) is 0 Å². The molecule has 3 rings (SSSR count). The van der Waals surface area contributed by atoms with E-state index < -0.39 is 0 Å². The van der Waals surface area contributed by atoms with Crippen LogP contribution in [-0.4, -0.2) is 18.1 Å². The first-order valence-corrected chi connectivity index (χ1v) is 7.70. The summed E-state index contributed by atoms with van der Waals surface area (Å²) >= 11 is 0. The van der Waals surface area contributed by atoms with Crippen LogP contribution in [0.15, 0.2) is 42.2 Å². The molecule has 1 aromatic heterocycles. The second-order valence-corrected chi connectivity index (χ2v) is 5.53. The number of fused-ring (bicyclic) bond motifs is 1. The molecule has 1 unspecified atom stereocenters. The van der Waals surface area contributed by atoms with Crippen molar-refractivity contribution >= 4 is 10.9 Å². The summed E-state index contributed by atoms with van der Waals surface area (Å²) in [7, 11) is 0. The number of para-hydroxylation sites is 1. The van der Waals surface area contributed by atoms with Crippen LogP contribution in [0.1, 0.15) is 37.1 Å². The Bertz CT molecular complexity index is 663. The quantitative estimate of drug-likeness (QED) is 0.924. The minimum absolute atomic E-state index is 0.210. The van der Waals surface area contributed by atoms with Crippen LogP contribution in [-0.2, 0) is 4.74 Å². The molecule has 21 heavy (non-hydrogen) atoms. The molecule has 110 valence electrons. The number of likely N-dealkylation sites (N-methyl/N-ethyl adjacent to an activating group) is 1. The van der Waals surface area contributed by atoms with Gasteiger partial charge in [0, 0.05) is 11.1 Å². The zero-order chi connectivity index (χ0) is 14.7. The molecule has 0 saturated heterocycles. The average molecular weight is 282 g/mol. The predicted octanol–water partition coefficient (Wildman–Crippen LogP) is 3.89. The molecule has 0 aliphatic carbocycles. The second-order valence-electron chi connectivity index (χ2n) is 5.53. The highest BCUT2D eigenvalue weighted by molar-refractivity contribution is 5.83. The molecule has 1 aliphatic heterocycles. The lowest BCUT2D eigenvalue weighted by molar-refractivity contribution is 0.219. The van der Waals surface area contributed by atoms with E-state index in [2.05, 4.69) is 48.4 Å². The summed E-state index contributed by atoms with van der Waals surface area (Å²) in [6.45, 7) is 5.97. The van der Waals surface area contributed by atoms with Gasteiger partial charge >= 0.3 is 0 Å². The summed E-state index contributed by atoms with van der Waals surface area (Å²) in [5, 5.41) is 4.83. The summed E-state index contributed by atoms with van der Waals surface area (Å²) in [6, 6.07) is 10.8. The van der Waals surface area contributed by atoms with Crippen molar-refractivity contribution in [3.8, 4) is 0 Å². The third-order valence-corrected chi connectivity index (χ3v) is 3.93. The van der Waals surface area contributed by atoms with Crippen molar-refractivity contribution in [2.24, 2.45) is 0 Å². The van der Waals surface area contributed by atoms with Crippen LogP contribution in [0.4, 0.5) is 0 Å². The second kappa shape index (κ2) is 6.27. The van der Waals surface area contributed by atoms with E-state index in [1.54, 1.807) is 0 Å². The topological polar surface area (TPSA) is 34.1 Å². The van der Waals surface area contributed by atoms with Gasteiger partial charge in [-0.05, 0) is 49.6 Å².